The molecule has 6 nitrogen and oxygen atoms in total. The molecule has 0 aliphatic carbocycles. The average Bonchev–Trinajstić information content (AvgIpc) is 3.05. The first kappa shape index (κ1) is 14.0. The zero-order valence-corrected chi connectivity index (χ0v) is 12.6. The van der Waals surface area contributed by atoms with Gasteiger partial charge in [0.2, 0.25) is 0 Å². The highest BCUT2D eigenvalue weighted by molar-refractivity contribution is 7.15. The maximum absolute atomic E-state index is 12.6. The number of fused-ring (bicyclic) bond motifs is 3. The quantitative estimate of drug-likeness (QED) is 0.536. The number of aromatic nitrogens is 2. The summed E-state index contributed by atoms with van der Waals surface area (Å²) in [6.45, 7) is 0. The number of benzene rings is 2. The summed E-state index contributed by atoms with van der Waals surface area (Å²) in [5, 5.41) is 19.5. The summed E-state index contributed by atoms with van der Waals surface area (Å²) >= 11 is 1.26. The Morgan fingerprint density at radius 1 is 1.17 bits per heavy atom. The lowest BCUT2D eigenvalue weighted by molar-refractivity contribution is -0.991. The minimum atomic E-state index is -1.02. The molecule has 0 radical (unpaired) electrons. The van der Waals surface area contributed by atoms with Gasteiger partial charge in [-0.3, -0.25) is 4.79 Å². The number of hydrogen-bond donors (Lipinski definition) is 2. The van der Waals surface area contributed by atoms with Gasteiger partial charge in [0, 0.05) is 11.6 Å². The Morgan fingerprint density at radius 3 is 2.74 bits per heavy atom. The Balaban J connectivity index is 2.00. The zero-order valence-electron chi connectivity index (χ0n) is 11.8. The minimum Gasteiger partial charge on any atom is -0.595 e. The molecule has 0 amide bonds. The Morgan fingerprint density at radius 2 is 1.91 bits per heavy atom. The summed E-state index contributed by atoms with van der Waals surface area (Å²) in [5.41, 5.74) is 2.02. The van der Waals surface area contributed by atoms with Crippen LogP contribution in [0.4, 0.5) is 5.69 Å². The van der Waals surface area contributed by atoms with Crippen LogP contribution in [0.1, 0.15) is 5.56 Å². The maximum Gasteiger partial charge on any atom is 0.274 e. The van der Waals surface area contributed by atoms with Crippen molar-refractivity contribution in [3.05, 3.63) is 74.2 Å². The first-order chi connectivity index (χ1) is 11.1. The summed E-state index contributed by atoms with van der Waals surface area (Å²) in [4.78, 5) is 17.7. The molecule has 0 fully saturated rings. The van der Waals surface area contributed by atoms with Crippen LogP contribution in [0.3, 0.4) is 0 Å². The van der Waals surface area contributed by atoms with Crippen LogP contribution in [0.2, 0.25) is 0 Å². The molecule has 1 unspecified atom stereocenters. The lowest BCUT2D eigenvalue weighted by Gasteiger charge is -2.13. The second-order valence-electron chi connectivity index (χ2n) is 5.03. The predicted octanol–water partition coefficient (Wildman–Crippen LogP) is 0.860. The summed E-state index contributed by atoms with van der Waals surface area (Å²) in [7, 11) is 0. The Labute approximate surface area is 133 Å². The standard InChI is InChI=1S/C16H11N3O3S/c20-15-14(9-10-5-1-3-7-12(10)19(21)22)23-16-17-11-6-2-4-8-13(11)18(15)16/h1-9,19,21H/b14-9+. The van der Waals surface area contributed by atoms with Gasteiger partial charge in [-0.05, 0) is 24.3 Å². The number of rotatable bonds is 2. The van der Waals surface area contributed by atoms with Crippen molar-refractivity contribution in [1.29, 1.82) is 0 Å². The van der Waals surface area contributed by atoms with Crippen molar-refractivity contribution >= 4 is 39.1 Å². The van der Waals surface area contributed by atoms with E-state index in [2.05, 4.69) is 4.98 Å². The van der Waals surface area contributed by atoms with E-state index < -0.39 is 5.23 Å². The fourth-order valence-corrected chi connectivity index (χ4v) is 3.55. The zero-order chi connectivity index (χ0) is 16.0. The van der Waals surface area contributed by atoms with E-state index in [0.29, 0.717) is 15.1 Å². The van der Waals surface area contributed by atoms with Gasteiger partial charge in [0.1, 0.15) is 0 Å². The highest BCUT2D eigenvalue weighted by Crippen LogP contribution is 2.16. The van der Waals surface area contributed by atoms with Crippen molar-refractivity contribution in [3.63, 3.8) is 0 Å². The van der Waals surface area contributed by atoms with Gasteiger partial charge in [0.15, 0.2) is 10.6 Å². The molecule has 114 valence electrons. The van der Waals surface area contributed by atoms with Crippen LogP contribution < -0.4 is 15.3 Å². The van der Waals surface area contributed by atoms with Crippen LogP contribution >= 0.6 is 11.3 Å². The molecule has 23 heavy (non-hydrogen) atoms. The summed E-state index contributed by atoms with van der Waals surface area (Å²) < 4.78 is 2.03. The van der Waals surface area contributed by atoms with Crippen molar-refractivity contribution in [2.75, 3.05) is 0 Å². The fraction of sp³-hybridized carbons (Fsp3) is 0. The van der Waals surface area contributed by atoms with Gasteiger partial charge < -0.3 is 5.21 Å². The molecular weight excluding hydrogens is 314 g/mol. The fourth-order valence-electron chi connectivity index (χ4n) is 2.57. The number of hydrogen-bond acceptors (Lipinski definition) is 5. The SMILES string of the molecule is O=c1/c(=C\c2ccccc2[NH+]([O-])O)sc2nc3ccccc3n12. The van der Waals surface area contributed by atoms with Gasteiger partial charge in [-0.25, -0.2) is 14.6 Å². The number of nitrogens with one attached hydrogen (secondary N) is 1. The van der Waals surface area contributed by atoms with E-state index in [1.807, 2.05) is 24.3 Å². The molecule has 1 atom stereocenters. The van der Waals surface area contributed by atoms with Crippen molar-refractivity contribution in [2.45, 2.75) is 0 Å². The van der Waals surface area contributed by atoms with Crippen LogP contribution in [-0.2, 0) is 0 Å². The summed E-state index contributed by atoms with van der Waals surface area (Å²) in [5.74, 6) is 0. The van der Waals surface area contributed by atoms with E-state index in [1.165, 1.54) is 17.4 Å². The van der Waals surface area contributed by atoms with E-state index in [4.69, 9.17) is 0 Å². The Kier molecular flexibility index (Phi) is 3.21. The molecule has 2 N–H and O–H groups in total. The third kappa shape index (κ3) is 2.23. The predicted molar refractivity (Wildman–Crippen MR) is 87.8 cm³/mol. The van der Waals surface area contributed by atoms with Crippen molar-refractivity contribution in [1.82, 2.24) is 9.38 Å². The van der Waals surface area contributed by atoms with Crippen LogP contribution in [0.25, 0.3) is 22.1 Å². The van der Waals surface area contributed by atoms with Crippen molar-refractivity contribution < 1.29 is 10.4 Å². The van der Waals surface area contributed by atoms with Gasteiger partial charge in [-0.2, -0.15) is 5.23 Å². The molecule has 4 aromatic rings. The third-order valence-corrected chi connectivity index (χ3v) is 4.59. The molecule has 0 saturated heterocycles. The summed E-state index contributed by atoms with van der Waals surface area (Å²) in [6.07, 6.45) is 1.61. The van der Waals surface area contributed by atoms with Crippen molar-refractivity contribution in [3.8, 4) is 0 Å². The van der Waals surface area contributed by atoms with E-state index in [0.717, 1.165) is 11.0 Å². The molecule has 2 aromatic heterocycles. The molecule has 0 aliphatic rings. The second-order valence-corrected chi connectivity index (χ2v) is 6.04. The average molecular weight is 325 g/mol. The van der Waals surface area contributed by atoms with E-state index in [9.17, 15) is 15.2 Å². The topological polar surface area (TPSA) is 82.1 Å². The number of imidazole rings is 1. The van der Waals surface area contributed by atoms with Gasteiger partial charge >= 0.3 is 0 Å². The monoisotopic (exact) mass is 325 g/mol. The molecule has 0 spiro atoms. The molecule has 0 aliphatic heterocycles. The van der Waals surface area contributed by atoms with Crippen LogP contribution in [-0.4, -0.2) is 14.6 Å². The Hall–Kier alpha value is -2.58. The van der Waals surface area contributed by atoms with Gasteiger partial charge in [-0.15, -0.1) is 0 Å². The molecular formula is C16H11N3O3S. The normalized spacial score (nSPS) is 13.9. The molecule has 0 bridgehead atoms. The van der Waals surface area contributed by atoms with Gasteiger partial charge in [-0.1, -0.05) is 35.6 Å². The second kappa shape index (κ2) is 5.25. The Bertz CT molecular complexity index is 1130. The van der Waals surface area contributed by atoms with Gasteiger partial charge in [0.25, 0.3) is 5.56 Å². The smallest absolute Gasteiger partial charge is 0.274 e. The lowest BCUT2D eigenvalue weighted by Crippen LogP contribution is -2.99. The highest BCUT2D eigenvalue weighted by Gasteiger charge is 2.12. The largest absolute Gasteiger partial charge is 0.595 e. The van der Waals surface area contributed by atoms with Gasteiger partial charge in [0.05, 0.1) is 15.6 Å². The maximum atomic E-state index is 12.6. The molecule has 4 rings (SSSR count). The summed E-state index contributed by atoms with van der Waals surface area (Å²) in [6, 6.07) is 14.0. The molecule has 0 saturated carbocycles. The molecule has 2 aromatic carbocycles. The van der Waals surface area contributed by atoms with E-state index in [1.54, 1.807) is 28.7 Å². The number of quaternary nitrogens is 1. The first-order valence-corrected chi connectivity index (χ1v) is 7.71. The first-order valence-electron chi connectivity index (χ1n) is 6.89. The number of para-hydroxylation sites is 3. The van der Waals surface area contributed by atoms with Crippen molar-refractivity contribution in [2.24, 2.45) is 0 Å². The minimum absolute atomic E-state index is 0.169. The van der Waals surface area contributed by atoms with E-state index in [-0.39, 0.29) is 11.2 Å². The van der Waals surface area contributed by atoms with E-state index >= 15 is 0 Å². The highest BCUT2D eigenvalue weighted by atomic mass is 32.1. The third-order valence-electron chi connectivity index (χ3n) is 3.62. The molecule has 7 heteroatoms. The number of nitrogens with zero attached hydrogens (tertiary/aromatic N) is 2. The van der Waals surface area contributed by atoms with Crippen LogP contribution in [0.5, 0.6) is 0 Å². The lowest BCUT2D eigenvalue weighted by atomic mass is 10.2. The van der Waals surface area contributed by atoms with Crippen LogP contribution in [0, 0.1) is 5.21 Å². The van der Waals surface area contributed by atoms with Crippen LogP contribution in [0.15, 0.2) is 53.3 Å². The number of thiazole rings is 1. The molecule has 2 heterocycles.